The minimum atomic E-state index is -1.60. The van der Waals surface area contributed by atoms with Crippen LogP contribution in [0.2, 0.25) is 0 Å². The molecule has 0 radical (unpaired) electrons. The number of ether oxygens (including phenoxy) is 1. The van der Waals surface area contributed by atoms with Crippen molar-refractivity contribution in [2.45, 2.75) is 38.9 Å². The van der Waals surface area contributed by atoms with Crippen LogP contribution in [0.15, 0.2) is 42.5 Å². The molecule has 0 heterocycles. The van der Waals surface area contributed by atoms with Crippen LogP contribution in [0, 0.1) is 22.7 Å². The van der Waals surface area contributed by atoms with Gasteiger partial charge in [0.2, 0.25) is 0 Å². The van der Waals surface area contributed by atoms with E-state index >= 15 is 0 Å². The number of hydrogen-bond donors (Lipinski definition) is 2. The monoisotopic (exact) mass is 344 g/mol. The highest BCUT2D eigenvalue weighted by molar-refractivity contribution is 5.89. The highest BCUT2D eigenvalue weighted by Crippen LogP contribution is 2.73. The zero-order valence-corrected chi connectivity index (χ0v) is 15.3. The number of Topliss-reactive ketones (excluding diaryl/α,β-unsaturated/α-hetero) is 1. The fourth-order valence-corrected chi connectivity index (χ4v) is 5.38. The number of carbonyl (C=O) groups is 1. The van der Waals surface area contributed by atoms with Crippen molar-refractivity contribution in [1.29, 1.82) is 0 Å². The molecule has 1 aromatic rings. The molecule has 4 nitrogen and oxygen atoms in total. The molecule has 0 spiro atoms. The van der Waals surface area contributed by atoms with Crippen LogP contribution in [-0.2, 0) is 16.0 Å². The maximum absolute atomic E-state index is 13.4. The third-order valence-electron chi connectivity index (χ3n) is 6.82. The molecule has 2 saturated carbocycles. The molecule has 2 aliphatic rings. The Morgan fingerprint density at radius 3 is 2.52 bits per heavy atom. The Hall–Kier alpha value is -1.49. The van der Waals surface area contributed by atoms with Gasteiger partial charge in [-0.25, -0.2) is 0 Å². The van der Waals surface area contributed by atoms with Crippen LogP contribution in [0.1, 0.15) is 32.3 Å². The Bertz CT molecular complexity index is 680. The zero-order chi connectivity index (χ0) is 18.5. The van der Waals surface area contributed by atoms with Gasteiger partial charge in [0.25, 0.3) is 0 Å². The predicted octanol–water partition coefficient (Wildman–Crippen LogP) is 2.73. The highest BCUT2D eigenvalue weighted by Gasteiger charge is 2.79. The predicted molar refractivity (Wildman–Crippen MR) is 95.8 cm³/mol. The fourth-order valence-electron chi connectivity index (χ4n) is 5.38. The molecule has 1 aromatic carbocycles. The number of hydrogen-bond acceptors (Lipinski definition) is 4. The van der Waals surface area contributed by atoms with Gasteiger partial charge in [-0.05, 0) is 24.3 Å². The first-order valence-corrected chi connectivity index (χ1v) is 8.91. The average Bonchev–Trinajstić information content (AvgIpc) is 2.96. The van der Waals surface area contributed by atoms with E-state index in [9.17, 15) is 15.0 Å². The van der Waals surface area contributed by atoms with Crippen LogP contribution in [0.4, 0.5) is 0 Å². The molecule has 25 heavy (non-hydrogen) atoms. The molecule has 0 saturated heterocycles. The van der Waals surface area contributed by atoms with Gasteiger partial charge in [-0.15, -0.1) is 0 Å². The Balaban J connectivity index is 1.97. The molecule has 3 rings (SSSR count). The van der Waals surface area contributed by atoms with Crippen molar-refractivity contribution in [3.8, 4) is 0 Å². The lowest BCUT2D eigenvalue weighted by Crippen LogP contribution is -2.55. The van der Waals surface area contributed by atoms with E-state index in [2.05, 4.69) is 6.58 Å². The summed E-state index contributed by atoms with van der Waals surface area (Å²) < 4.78 is 5.56. The highest BCUT2D eigenvalue weighted by atomic mass is 16.6. The summed E-state index contributed by atoms with van der Waals surface area (Å²) >= 11 is 0. The van der Waals surface area contributed by atoms with Crippen molar-refractivity contribution in [2.24, 2.45) is 22.7 Å². The van der Waals surface area contributed by atoms with Gasteiger partial charge in [0.05, 0.1) is 5.41 Å². The molecule has 4 heteroatoms. The molecule has 0 unspecified atom stereocenters. The van der Waals surface area contributed by atoms with Crippen LogP contribution in [-0.4, -0.2) is 35.5 Å². The Labute approximate surface area is 149 Å². The summed E-state index contributed by atoms with van der Waals surface area (Å²) in [5.41, 5.74) is 0.242. The van der Waals surface area contributed by atoms with Gasteiger partial charge in [0.1, 0.15) is 5.78 Å². The zero-order valence-electron chi connectivity index (χ0n) is 15.3. The van der Waals surface area contributed by atoms with Crippen molar-refractivity contribution in [3.05, 3.63) is 48.0 Å². The summed E-state index contributed by atoms with van der Waals surface area (Å²) in [6.45, 7) is 8.02. The summed E-state index contributed by atoms with van der Waals surface area (Å²) in [7, 11) is 1.45. The molecule has 4 atom stereocenters. The first kappa shape index (κ1) is 18.3. The molecular formula is C21H28O4. The average molecular weight is 344 g/mol. The van der Waals surface area contributed by atoms with E-state index in [4.69, 9.17) is 4.74 Å². The first-order chi connectivity index (χ1) is 11.8. The van der Waals surface area contributed by atoms with Crippen molar-refractivity contribution in [2.75, 3.05) is 13.7 Å². The number of benzene rings is 1. The molecule has 2 N–H and O–H groups in total. The van der Waals surface area contributed by atoms with E-state index in [1.807, 2.05) is 44.2 Å². The van der Waals surface area contributed by atoms with E-state index in [1.54, 1.807) is 0 Å². The summed E-state index contributed by atoms with van der Waals surface area (Å²) in [4.78, 5) is 13.4. The summed E-state index contributed by atoms with van der Waals surface area (Å²) in [6, 6.07) is 9.86. The van der Waals surface area contributed by atoms with Gasteiger partial charge in [0.15, 0.2) is 5.79 Å². The van der Waals surface area contributed by atoms with Crippen molar-refractivity contribution in [3.63, 3.8) is 0 Å². The lowest BCUT2D eigenvalue weighted by atomic mass is 9.58. The molecular weight excluding hydrogens is 316 g/mol. The second-order valence-electron chi connectivity index (χ2n) is 7.99. The van der Waals surface area contributed by atoms with Crippen LogP contribution in [0.3, 0.4) is 0 Å². The molecule has 2 bridgehead atoms. The van der Waals surface area contributed by atoms with E-state index in [1.165, 1.54) is 7.11 Å². The Morgan fingerprint density at radius 1 is 1.32 bits per heavy atom. The number of aliphatic hydroxyl groups is 2. The van der Waals surface area contributed by atoms with Crippen molar-refractivity contribution in [1.82, 2.24) is 0 Å². The largest absolute Gasteiger partial charge is 0.396 e. The SMILES string of the molecule is C=C1[C@@H]2[C@@H](CO)C[C@@](C(=O)CCc3ccccc3)(C1(C)C)[C@@]2(O)OC. The number of ketones is 1. The van der Waals surface area contributed by atoms with Crippen LogP contribution < -0.4 is 0 Å². The van der Waals surface area contributed by atoms with E-state index in [0.717, 1.165) is 11.1 Å². The molecule has 2 fully saturated rings. The molecule has 2 aliphatic carbocycles. The number of aryl methyl sites for hydroxylation is 1. The van der Waals surface area contributed by atoms with Crippen molar-refractivity contribution >= 4 is 5.78 Å². The van der Waals surface area contributed by atoms with Gasteiger partial charge < -0.3 is 14.9 Å². The molecule has 136 valence electrons. The van der Waals surface area contributed by atoms with Gasteiger partial charge in [0, 0.05) is 31.5 Å². The number of fused-ring (bicyclic) bond motifs is 2. The lowest BCUT2D eigenvalue weighted by molar-refractivity contribution is -0.253. The molecule has 0 aliphatic heterocycles. The minimum Gasteiger partial charge on any atom is -0.396 e. The first-order valence-electron chi connectivity index (χ1n) is 8.91. The number of carbonyl (C=O) groups excluding carboxylic acids is 1. The van der Waals surface area contributed by atoms with E-state index < -0.39 is 22.5 Å². The Morgan fingerprint density at radius 2 is 1.96 bits per heavy atom. The topological polar surface area (TPSA) is 66.8 Å². The van der Waals surface area contributed by atoms with Gasteiger partial charge in [-0.2, -0.15) is 0 Å². The number of rotatable bonds is 6. The smallest absolute Gasteiger partial charge is 0.185 e. The number of aliphatic hydroxyl groups excluding tert-OH is 1. The lowest BCUT2D eigenvalue weighted by Gasteiger charge is -2.46. The third-order valence-corrected chi connectivity index (χ3v) is 6.82. The van der Waals surface area contributed by atoms with E-state index in [0.29, 0.717) is 19.3 Å². The van der Waals surface area contributed by atoms with Gasteiger partial charge in [-0.3, -0.25) is 4.79 Å². The quantitative estimate of drug-likeness (QED) is 0.615. The fraction of sp³-hybridized carbons (Fsp3) is 0.571. The van der Waals surface area contributed by atoms with Gasteiger partial charge >= 0.3 is 0 Å². The minimum absolute atomic E-state index is 0.00898. The maximum atomic E-state index is 13.4. The maximum Gasteiger partial charge on any atom is 0.185 e. The van der Waals surface area contributed by atoms with Gasteiger partial charge in [-0.1, -0.05) is 56.3 Å². The summed E-state index contributed by atoms with van der Waals surface area (Å²) in [5.74, 6) is -2.23. The normalized spacial score (nSPS) is 36.0. The standard InChI is InChI=1S/C21H28O4/c1-14-18-16(13-22)12-20(19(14,2)3,21(18,24)25-4)17(23)11-10-15-8-6-5-7-9-15/h5-9,16,18,22,24H,1,10-13H2,2-4H3/t16-,18-,20-,21+/m1/s1. The second-order valence-corrected chi connectivity index (χ2v) is 7.99. The van der Waals surface area contributed by atoms with Crippen LogP contribution in [0.5, 0.6) is 0 Å². The third kappa shape index (κ3) is 2.21. The van der Waals surface area contributed by atoms with Crippen molar-refractivity contribution < 1.29 is 19.7 Å². The Kier molecular flexibility index (Phi) is 4.43. The number of methoxy groups -OCH3 is 1. The van der Waals surface area contributed by atoms with E-state index in [-0.39, 0.29) is 18.3 Å². The van der Waals surface area contributed by atoms with Crippen LogP contribution in [0.25, 0.3) is 0 Å². The second kappa shape index (κ2) is 6.04. The summed E-state index contributed by atoms with van der Waals surface area (Å²) in [6.07, 6.45) is 1.38. The molecule has 0 aromatic heterocycles. The summed E-state index contributed by atoms with van der Waals surface area (Å²) in [5, 5.41) is 21.2. The van der Waals surface area contributed by atoms with Crippen LogP contribution >= 0.6 is 0 Å². The molecule has 0 amide bonds.